The lowest BCUT2D eigenvalue weighted by Gasteiger charge is -2.44. The van der Waals surface area contributed by atoms with Gasteiger partial charge in [0.2, 0.25) is 11.8 Å². The molecule has 0 spiro atoms. The molecule has 2 N–H and O–H groups in total. The molecule has 0 aliphatic carbocycles. The summed E-state index contributed by atoms with van der Waals surface area (Å²) in [5.41, 5.74) is 1.81. The molecule has 1 atom stereocenters. The van der Waals surface area contributed by atoms with Crippen LogP contribution in [-0.2, 0) is 27.5 Å². The minimum absolute atomic E-state index is 0.171. The number of aliphatic carboxylic acids is 1. The number of urea groups is 1. The summed E-state index contributed by atoms with van der Waals surface area (Å²) in [6.45, 7) is 0.0969. The van der Waals surface area contributed by atoms with Gasteiger partial charge in [0, 0.05) is 27.2 Å². The topological polar surface area (TPSA) is 114 Å². The van der Waals surface area contributed by atoms with E-state index in [1.165, 1.54) is 19.8 Å². The molecule has 4 rings (SSSR count). The highest BCUT2D eigenvalue weighted by Crippen LogP contribution is 2.22. The van der Waals surface area contributed by atoms with Gasteiger partial charge < -0.3 is 20.2 Å². The van der Waals surface area contributed by atoms with Crippen molar-refractivity contribution in [1.82, 2.24) is 25.1 Å². The van der Waals surface area contributed by atoms with Crippen LogP contribution in [-0.4, -0.2) is 82.1 Å². The number of likely N-dealkylation sites (N-methyl/N-ethyl adjacent to an activating group) is 2. The molecule has 0 saturated carbocycles. The molecule has 0 unspecified atom stereocenters. The number of hydrazine groups is 1. The molecule has 38 heavy (non-hydrogen) atoms. The Hall–Kier alpha value is -4.44. The molecule has 1 aliphatic rings. The molecule has 3 aromatic rings. The van der Waals surface area contributed by atoms with Gasteiger partial charge in [-0.25, -0.2) is 14.8 Å². The molecule has 0 aromatic heterocycles. The number of hydrogen-bond acceptors (Lipinski definition) is 5. The van der Waals surface area contributed by atoms with E-state index in [-0.39, 0.29) is 26.3 Å². The van der Waals surface area contributed by atoms with E-state index in [2.05, 4.69) is 5.32 Å². The molecule has 0 bridgehead atoms. The van der Waals surface area contributed by atoms with Crippen LogP contribution in [0.3, 0.4) is 0 Å². The molecule has 4 amide bonds. The highest BCUT2D eigenvalue weighted by molar-refractivity contribution is 5.92. The van der Waals surface area contributed by atoms with Crippen molar-refractivity contribution in [2.45, 2.75) is 25.6 Å². The number of carbonyl (C=O) groups excluding carboxylic acids is 3. The summed E-state index contributed by atoms with van der Waals surface area (Å²) in [6.07, 6.45) is -0.576. The lowest BCUT2D eigenvalue weighted by atomic mass is 10.0. The Labute approximate surface area is 221 Å². The minimum Gasteiger partial charge on any atom is -0.481 e. The average Bonchev–Trinajstić information content (AvgIpc) is 2.91. The number of amides is 4. The largest absolute Gasteiger partial charge is 0.481 e. The van der Waals surface area contributed by atoms with Gasteiger partial charge in [-0.2, -0.15) is 0 Å². The van der Waals surface area contributed by atoms with Crippen molar-refractivity contribution >= 4 is 34.6 Å². The summed E-state index contributed by atoms with van der Waals surface area (Å²) < 4.78 is 0. The van der Waals surface area contributed by atoms with Crippen molar-refractivity contribution in [2.75, 3.05) is 27.3 Å². The molecular formula is C28H31N5O5. The number of nitrogens with zero attached hydrogens (tertiary/aromatic N) is 4. The maximum absolute atomic E-state index is 13.6. The van der Waals surface area contributed by atoms with E-state index in [4.69, 9.17) is 0 Å². The van der Waals surface area contributed by atoms with E-state index in [1.54, 1.807) is 14.1 Å². The van der Waals surface area contributed by atoms with Crippen LogP contribution in [0.4, 0.5) is 4.79 Å². The second-order valence-corrected chi connectivity index (χ2v) is 9.31. The quantitative estimate of drug-likeness (QED) is 0.475. The number of carbonyl (C=O) groups is 4. The first-order valence-corrected chi connectivity index (χ1v) is 12.3. The van der Waals surface area contributed by atoms with Crippen LogP contribution >= 0.6 is 0 Å². The number of hydrogen-bond donors (Lipinski definition) is 2. The average molecular weight is 518 g/mol. The maximum atomic E-state index is 13.6. The van der Waals surface area contributed by atoms with Gasteiger partial charge >= 0.3 is 12.0 Å². The Morgan fingerprint density at radius 2 is 1.68 bits per heavy atom. The Bertz CT molecular complexity index is 1330. The Kier molecular flexibility index (Phi) is 8.22. The lowest BCUT2D eigenvalue weighted by molar-refractivity contribution is -0.163. The number of benzene rings is 3. The Morgan fingerprint density at radius 1 is 1.00 bits per heavy atom. The molecule has 0 radical (unpaired) electrons. The molecule has 1 fully saturated rings. The summed E-state index contributed by atoms with van der Waals surface area (Å²) in [4.78, 5) is 53.9. The van der Waals surface area contributed by atoms with Crippen molar-refractivity contribution in [3.63, 3.8) is 0 Å². The summed E-state index contributed by atoms with van der Waals surface area (Å²) in [6, 6.07) is 21.2. The second-order valence-electron chi connectivity index (χ2n) is 9.31. The van der Waals surface area contributed by atoms with Crippen LogP contribution in [0.1, 0.15) is 17.5 Å². The summed E-state index contributed by atoms with van der Waals surface area (Å²) in [7, 11) is 3.18. The van der Waals surface area contributed by atoms with E-state index < -0.39 is 36.3 Å². The van der Waals surface area contributed by atoms with Gasteiger partial charge in [-0.1, -0.05) is 72.8 Å². The molecule has 1 saturated heterocycles. The highest BCUT2D eigenvalue weighted by atomic mass is 16.4. The van der Waals surface area contributed by atoms with Gasteiger partial charge in [0.15, 0.2) is 0 Å². The first-order valence-electron chi connectivity index (χ1n) is 12.3. The monoisotopic (exact) mass is 517 g/mol. The number of nitrogens with one attached hydrogen (secondary N) is 1. The van der Waals surface area contributed by atoms with Gasteiger partial charge in [0.25, 0.3) is 0 Å². The normalized spacial score (nSPS) is 14.8. The van der Waals surface area contributed by atoms with Gasteiger partial charge in [-0.15, -0.1) is 0 Å². The molecule has 1 heterocycles. The van der Waals surface area contributed by atoms with E-state index in [0.29, 0.717) is 0 Å². The Balaban J connectivity index is 1.51. The smallest absolute Gasteiger partial charge is 0.333 e. The zero-order valence-electron chi connectivity index (χ0n) is 21.4. The first-order chi connectivity index (χ1) is 18.2. The van der Waals surface area contributed by atoms with E-state index in [1.807, 2.05) is 72.8 Å². The van der Waals surface area contributed by atoms with Crippen LogP contribution in [0.15, 0.2) is 72.8 Å². The van der Waals surface area contributed by atoms with Gasteiger partial charge in [0.05, 0.1) is 13.0 Å². The zero-order valence-corrected chi connectivity index (χ0v) is 21.4. The second kappa shape index (κ2) is 11.7. The highest BCUT2D eigenvalue weighted by Gasteiger charge is 2.40. The molecule has 198 valence electrons. The van der Waals surface area contributed by atoms with Gasteiger partial charge in [0.1, 0.15) is 12.7 Å². The van der Waals surface area contributed by atoms with E-state index >= 15 is 0 Å². The third kappa shape index (κ3) is 6.09. The predicted octanol–water partition coefficient (Wildman–Crippen LogP) is 2.50. The molecule has 10 heteroatoms. The first kappa shape index (κ1) is 26.6. The predicted molar refractivity (Wildman–Crippen MR) is 141 cm³/mol. The fourth-order valence-electron chi connectivity index (χ4n) is 4.57. The molecular weight excluding hydrogens is 486 g/mol. The van der Waals surface area contributed by atoms with Crippen LogP contribution in [0.5, 0.6) is 0 Å². The molecule has 10 nitrogen and oxygen atoms in total. The van der Waals surface area contributed by atoms with Crippen LogP contribution in [0.2, 0.25) is 0 Å². The van der Waals surface area contributed by atoms with Gasteiger partial charge in [-0.3, -0.25) is 14.4 Å². The number of carboxylic acid groups (broad SMARTS) is 1. The van der Waals surface area contributed by atoms with Crippen molar-refractivity contribution in [3.05, 3.63) is 83.9 Å². The summed E-state index contributed by atoms with van der Waals surface area (Å²) in [5, 5.41) is 17.2. The minimum atomic E-state index is -1.27. The number of carboxylic acids is 1. The van der Waals surface area contributed by atoms with Crippen molar-refractivity contribution in [3.8, 4) is 0 Å². The van der Waals surface area contributed by atoms with Crippen molar-refractivity contribution in [2.24, 2.45) is 0 Å². The van der Waals surface area contributed by atoms with Crippen LogP contribution < -0.4 is 5.32 Å². The van der Waals surface area contributed by atoms with Crippen LogP contribution in [0.25, 0.3) is 10.8 Å². The van der Waals surface area contributed by atoms with E-state index in [0.717, 1.165) is 21.9 Å². The van der Waals surface area contributed by atoms with Gasteiger partial charge in [-0.05, 0) is 21.9 Å². The fraction of sp³-hybridized carbons (Fsp3) is 0.286. The fourth-order valence-corrected chi connectivity index (χ4v) is 4.57. The summed E-state index contributed by atoms with van der Waals surface area (Å²) >= 11 is 0. The van der Waals surface area contributed by atoms with Crippen molar-refractivity contribution in [1.29, 1.82) is 0 Å². The number of rotatable bonds is 8. The van der Waals surface area contributed by atoms with Crippen LogP contribution in [0, 0.1) is 0 Å². The lowest BCUT2D eigenvalue weighted by Crippen LogP contribution is -2.65. The molecule has 3 aromatic carbocycles. The third-order valence-corrected chi connectivity index (χ3v) is 6.60. The zero-order chi connectivity index (χ0) is 27.2. The SMILES string of the molecule is CN(Cc1cccc2ccccc12)C(=O)[C@H](CC(=O)O)N1CN(C(=O)NCc2ccccc2)N(C)CC1=O. The third-order valence-electron chi connectivity index (χ3n) is 6.60. The Morgan fingerprint density at radius 3 is 2.42 bits per heavy atom. The van der Waals surface area contributed by atoms with E-state index in [9.17, 15) is 24.3 Å². The number of fused-ring (bicyclic) bond motifs is 1. The standard InChI is InChI=1S/C28H31N5O5/c1-30(17-22-13-8-12-21-11-6-7-14-23(21)22)27(37)24(15-26(35)36)32-19-33(31(2)18-25(32)34)28(38)29-16-20-9-4-3-5-10-20/h3-14,24H,15-19H2,1-2H3,(H,29,38)(H,35,36)/t24-/m0/s1. The molecule has 1 aliphatic heterocycles. The maximum Gasteiger partial charge on any atom is 0.333 e. The summed E-state index contributed by atoms with van der Waals surface area (Å²) in [5.74, 6) is -2.16. The van der Waals surface area contributed by atoms with Crippen molar-refractivity contribution < 1.29 is 24.3 Å².